The third kappa shape index (κ3) is 51.4. The molecule has 0 heterocycles. The van der Waals surface area contributed by atoms with Crippen LogP contribution in [0.4, 0.5) is 0 Å². The van der Waals surface area contributed by atoms with Gasteiger partial charge in [0.15, 0.2) is 6.10 Å². The normalized spacial score (nSPS) is 12.7. The fourth-order valence-corrected chi connectivity index (χ4v) is 7.38. The smallest absolute Gasteiger partial charge is 0.306 e. The van der Waals surface area contributed by atoms with Crippen molar-refractivity contribution in [2.75, 3.05) is 13.2 Å². The minimum Gasteiger partial charge on any atom is -0.462 e. The Kier molecular flexibility index (Phi) is 50.4. The van der Waals surface area contributed by atoms with Gasteiger partial charge in [-0.05, 0) is 89.9 Å². The van der Waals surface area contributed by atoms with Gasteiger partial charge in [0.2, 0.25) is 0 Å². The summed E-state index contributed by atoms with van der Waals surface area (Å²) in [5.41, 5.74) is 0. The van der Waals surface area contributed by atoms with Crippen molar-refractivity contribution >= 4 is 17.9 Å². The summed E-state index contributed by atoms with van der Waals surface area (Å²) in [6, 6.07) is 0. The Bertz CT molecular complexity index is 1270. The molecule has 0 aromatic carbocycles. The molecule has 372 valence electrons. The minimum atomic E-state index is -0.810. The zero-order valence-electron chi connectivity index (χ0n) is 42.5. The van der Waals surface area contributed by atoms with Crippen molar-refractivity contribution in [1.29, 1.82) is 0 Å². The van der Waals surface area contributed by atoms with Crippen molar-refractivity contribution in [2.24, 2.45) is 0 Å². The number of esters is 3. The number of allylic oxidation sites excluding steroid dienone is 14. The molecule has 1 unspecified atom stereocenters. The lowest BCUT2D eigenvalue weighted by Gasteiger charge is -2.18. The van der Waals surface area contributed by atoms with E-state index in [4.69, 9.17) is 14.2 Å². The first kappa shape index (κ1) is 61.6. The third-order valence-electron chi connectivity index (χ3n) is 11.5. The molecule has 0 amide bonds. The molecule has 0 spiro atoms. The van der Waals surface area contributed by atoms with Gasteiger partial charge in [-0.2, -0.15) is 0 Å². The zero-order chi connectivity index (χ0) is 47.2. The van der Waals surface area contributed by atoms with Gasteiger partial charge in [-0.25, -0.2) is 0 Å². The topological polar surface area (TPSA) is 78.9 Å². The highest BCUT2D eigenvalue weighted by Crippen LogP contribution is 2.14. The maximum Gasteiger partial charge on any atom is 0.306 e. The summed E-state index contributed by atoms with van der Waals surface area (Å²) >= 11 is 0. The summed E-state index contributed by atoms with van der Waals surface area (Å²) in [4.78, 5) is 38.0. The summed E-state index contributed by atoms with van der Waals surface area (Å²) in [5, 5.41) is 0. The van der Waals surface area contributed by atoms with E-state index in [1.54, 1.807) is 0 Å². The number of carbonyl (C=O) groups excluding carboxylic acids is 3. The molecule has 0 saturated heterocycles. The van der Waals surface area contributed by atoms with Crippen LogP contribution in [0.5, 0.6) is 0 Å². The molecule has 0 radical (unpaired) electrons. The summed E-state index contributed by atoms with van der Waals surface area (Å²) in [5.74, 6) is -0.978. The molecule has 0 rings (SSSR count). The van der Waals surface area contributed by atoms with Crippen LogP contribution in [0, 0.1) is 0 Å². The van der Waals surface area contributed by atoms with Crippen LogP contribution in [0.25, 0.3) is 0 Å². The van der Waals surface area contributed by atoms with Gasteiger partial charge >= 0.3 is 17.9 Å². The fourth-order valence-electron chi connectivity index (χ4n) is 7.38. The quantitative estimate of drug-likeness (QED) is 0.0199. The van der Waals surface area contributed by atoms with Crippen molar-refractivity contribution < 1.29 is 28.6 Å². The Morgan fingerprint density at radius 3 is 1.02 bits per heavy atom. The molecule has 0 aliphatic rings. The summed E-state index contributed by atoms with van der Waals surface area (Å²) < 4.78 is 16.8. The van der Waals surface area contributed by atoms with E-state index in [2.05, 4.69) is 69.4 Å². The van der Waals surface area contributed by atoms with E-state index < -0.39 is 6.10 Å². The van der Waals surface area contributed by atoms with Gasteiger partial charge in [0, 0.05) is 19.3 Å². The first-order chi connectivity index (χ1) is 32.0. The number of carbonyl (C=O) groups is 3. The number of hydrogen-bond acceptors (Lipinski definition) is 6. The number of rotatable bonds is 48. The standard InChI is InChI=1S/C59H100O6/c1-4-7-10-13-16-19-22-25-27-29-30-32-34-37-40-43-46-49-52-58(61)64-55-56(54-63-57(60)51-48-45-42-39-36-33-24-21-18-15-12-9-6-3)65-59(62)53-50-47-44-41-38-35-31-28-26-23-20-17-14-11-8-5-2/h9,12,15,18,21,24,28,30-33,35-36,38,56H,4-8,10-11,13-14,16-17,19-20,22-23,25-27,29,34,37,39-55H2,1-3H3/b12-9+,18-15+,24-21+,31-28+,32-30+,36-33+,38-35+. The Morgan fingerprint density at radius 1 is 0.323 bits per heavy atom. The van der Waals surface area contributed by atoms with Crippen LogP contribution < -0.4 is 0 Å². The molecule has 0 fully saturated rings. The lowest BCUT2D eigenvalue weighted by atomic mass is 10.1. The van der Waals surface area contributed by atoms with Crippen LogP contribution >= 0.6 is 0 Å². The third-order valence-corrected chi connectivity index (χ3v) is 11.5. The average molecular weight is 905 g/mol. The lowest BCUT2D eigenvalue weighted by molar-refractivity contribution is -0.167. The highest BCUT2D eigenvalue weighted by Gasteiger charge is 2.19. The SMILES string of the molecule is CC/C=C/C=C/C=C/C=C/CCCCCC(=O)OCC(COC(=O)CCCCCCC/C=C/CCCCCCCCCCC)OC(=O)CCCCC/C=C/C=C/CCCCCCCCC. The van der Waals surface area contributed by atoms with Crippen molar-refractivity contribution in [3.63, 3.8) is 0 Å². The molecule has 0 aliphatic heterocycles. The van der Waals surface area contributed by atoms with E-state index in [0.29, 0.717) is 12.8 Å². The fraction of sp³-hybridized carbons (Fsp3) is 0.712. The maximum absolute atomic E-state index is 12.8. The van der Waals surface area contributed by atoms with Crippen LogP contribution in [0.3, 0.4) is 0 Å². The van der Waals surface area contributed by atoms with Crippen molar-refractivity contribution in [3.05, 3.63) is 85.1 Å². The monoisotopic (exact) mass is 905 g/mol. The molecule has 6 nitrogen and oxygen atoms in total. The van der Waals surface area contributed by atoms with E-state index in [1.165, 1.54) is 122 Å². The van der Waals surface area contributed by atoms with Gasteiger partial charge in [0.25, 0.3) is 0 Å². The van der Waals surface area contributed by atoms with E-state index in [0.717, 1.165) is 89.9 Å². The number of unbranched alkanes of at least 4 members (excludes halogenated alkanes) is 27. The summed E-state index contributed by atoms with van der Waals surface area (Å²) in [6.45, 7) is 6.43. The molecule has 1 atom stereocenters. The molecular weight excluding hydrogens is 805 g/mol. The minimum absolute atomic E-state index is 0.105. The molecule has 6 heteroatoms. The average Bonchev–Trinajstić information content (AvgIpc) is 3.30. The molecule has 0 aliphatic carbocycles. The van der Waals surface area contributed by atoms with Gasteiger partial charge in [-0.15, -0.1) is 0 Å². The van der Waals surface area contributed by atoms with Gasteiger partial charge in [-0.1, -0.05) is 228 Å². The van der Waals surface area contributed by atoms with E-state index in [9.17, 15) is 14.4 Å². The van der Waals surface area contributed by atoms with Gasteiger partial charge in [0.1, 0.15) is 13.2 Å². The summed E-state index contributed by atoms with van der Waals surface area (Å²) in [7, 11) is 0. The molecule has 0 aromatic rings. The highest BCUT2D eigenvalue weighted by atomic mass is 16.6. The zero-order valence-corrected chi connectivity index (χ0v) is 42.5. The Balaban J connectivity index is 4.47. The van der Waals surface area contributed by atoms with Crippen LogP contribution in [-0.2, 0) is 28.6 Å². The predicted molar refractivity (Wildman–Crippen MR) is 279 cm³/mol. The second kappa shape index (κ2) is 53.2. The van der Waals surface area contributed by atoms with Crippen molar-refractivity contribution in [1.82, 2.24) is 0 Å². The predicted octanol–water partition coefficient (Wildman–Crippen LogP) is 18.0. The van der Waals surface area contributed by atoms with E-state index >= 15 is 0 Å². The Morgan fingerprint density at radius 2 is 0.615 bits per heavy atom. The second-order valence-corrected chi connectivity index (χ2v) is 17.9. The van der Waals surface area contributed by atoms with Crippen molar-refractivity contribution in [3.8, 4) is 0 Å². The van der Waals surface area contributed by atoms with Gasteiger partial charge < -0.3 is 14.2 Å². The molecule has 0 bridgehead atoms. The molecule has 0 aromatic heterocycles. The highest BCUT2D eigenvalue weighted by molar-refractivity contribution is 5.71. The van der Waals surface area contributed by atoms with Crippen molar-refractivity contribution in [2.45, 2.75) is 258 Å². The molecule has 65 heavy (non-hydrogen) atoms. The maximum atomic E-state index is 12.8. The van der Waals surface area contributed by atoms with E-state index in [1.807, 2.05) is 36.5 Å². The second-order valence-electron chi connectivity index (χ2n) is 17.9. The Hall–Kier alpha value is -3.41. The summed E-state index contributed by atoms with van der Waals surface area (Å²) in [6.07, 6.45) is 68.6. The molecule has 0 saturated carbocycles. The first-order valence-electron chi connectivity index (χ1n) is 27.2. The van der Waals surface area contributed by atoms with Gasteiger partial charge in [0.05, 0.1) is 0 Å². The van der Waals surface area contributed by atoms with Gasteiger partial charge in [-0.3, -0.25) is 14.4 Å². The van der Waals surface area contributed by atoms with E-state index in [-0.39, 0.29) is 37.5 Å². The van der Waals surface area contributed by atoms with Crippen LogP contribution in [0.15, 0.2) is 85.1 Å². The largest absolute Gasteiger partial charge is 0.462 e. The van der Waals surface area contributed by atoms with Crippen LogP contribution in [0.2, 0.25) is 0 Å². The van der Waals surface area contributed by atoms with Crippen LogP contribution in [-0.4, -0.2) is 37.2 Å². The number of hydrogen-bond donors (Lipinski definition) is 0. The lowest BCUT2D eigenvalue weighted by Crippen LogP contribution is -2.30. The van der Waals surface area contributed by atoms with Crippen LogP contribution in [0.1, 0.15) is 252 Å². The Labute approximate surface area is 401 Å². The molecule has 0 N–H and O–H groups in total. The molecular formula is C59H100O6. The number of ether oxygens (including phenoxy) is 3. The first-order valence-corrected chi connectivity index (χ1v) is 27.2.